The van der Waals surface area contributed by atoms with Crippen molar-refractivity contribution in [3.63, 3.8) is 0 Å². The van der Waals surface area contributed by atoms with Gasteiger partial charge in [-0.05, 0) is 60.0 Å². The van der Waals surface area contributed by atoms with Gasteiger partial charge in [-0.3, -0.25) is 14.0 Å². The molecule has 1 fully saturated rings. The van der Waals surface area contributed by atoms with Crippen LogP contribution in [0.5, 0.6) is 5.75 Å². The molecule has 198 valence electrons. The van der Waals surface area contributed by atoms with Crippen LogP contribution in [-0.4, -0.2) is 59.4 Å². The number of benzene rings is 1. The van der Waals surface area contributed by atoms with E-state index in [1.807, 2.05) is 34.7 Å². The lowest BCUT2D eigenvalue weighted by molar-refractivity contribution is -0.125. The van der Waals surface area contributed by atoms with Gasteiger partial charge in [0.1, 0.15) is 11.2 Å². The number of hydrogen-bond acceptors (Lipinski definition) is 6. The number of carbonyl (C=O) groups excluding carboxylic acids is 2. The number of nitrogens with zero attached hydrogens (tertiary/aromatic N) is 4. The average molecular weight is 612 g/mol. The van der Waals surface area contributed by atoms with Crippen LogP contribution in [0.3, 0.4) is 0 Å². The van der Waals surface area contributed by atoms with Crippen molar-refractivity contribution >= 4 is 62.3 Å². The van der Waals surface area contributed by atoms with Gasteiger partial charge >= 0.3 is 0 Å². The van der Waals surface area contributed by atoms with E-state index in [2.05, 4.69) is 31.7 Å². The van der Waals surface area contributed by atoms with E-state index in [1.54, 1.807) is 19.2 Å². The van der Waals surface area contributed by atoms with Gasteiger partial charge in [0, 0.05) is 36.9 Å². The smallest absolute Gasteiger partial charge is 0.246 e. The van der Waals surface area contributed by atoms with Crippen molar-refractivity contribution in [2.45, 2.75) is 32.8 Å². The number of rotatable bonds is 9. The molecular formula is C25H29BrCl2N6O3. The highest BCUT2D eigenvalue weighted by molar-refractivity contribution is 9.10. The summed E-state index contributed by atoms with van der Waals surface area (Å²) in [5.74, 6) is 0.00249. The van der Waals surface area contributed by atoms with E-state index in [-0.39, 0.29) is 31.5 Å². The molecule has 0 bridgehead atoms. The Morgan fingerprint density at radius 1 is 1.16 bits per heavy atom. The Morgan fingerprint density at radius 2 is 1.92 bits per heavy atom. The Morgan fingerprint density at radius 3 is 2.68 bits per heavy atom. The van der Waals surface area contributed by atoms with Crippen molar-refractivity contribution in [1.82, 2.24) is 25.1 Å². The first kappa shape index (κ1) is 27.7. The van der Waals surface area contributed by atoms with Crippen LogP contribution in [0.2, 0.25) is 10.0 Å². The Hall–Kier alpha value is -2.37. The maximum Gasteiger partial charge on any atom is 0.246 e. The predicted octanol–water partition coefficient (Wildman–Crippen LogP) is 4.36. The minimum Gasteiger partial charge on any atom is -0.485 e. The molecule has 1 aliphatic rings. The molecule has 0 atom stereocenters. The summed E-state index contributed by atoms with van der Waals surface area (Å²) in [7, 11) is 1.60. The van der Waals surface area contributed by atoms with Gasteiger partial charge in [-0.15, -0.1) is 0 Å². The number of halogens is 3. The first-order valence-corrected chi connectivity index (χ1v) is 13.6. The molecule has 0 spiro atoms. The number of ether oxygens (including phenoxy) is 1. The molecule has 2 amide bonds. The zero-order chi connectivity index (χ0) is 26.5. The van der Waals surface area contributed by atoms with Crippen molar-refractivity contribution in [3.05, 3.63) is 56.4 Å². The number of piperidine rings is 1. The predicted molar refractivity (Wildman–Crippen MR) is 148 cm³/mol. The molecule has 3 heterocycles. The third kappa shape index (κ3) is 6.56. The maximum atomic E-state index is 12.8. The number of likely N-dealkylation sites (N-methyl/N-ethyl adjacent to an activating group) is 1. The molecule has 3 aromatic rings. The van der Waals surface area contributed by atoms with E-state index in [9.17, 15) is 9.59 Å². The number of amides is 2. The monoisotopic (exact) mass is 610 g/mol. The van der Waals surface area contributed by atoms with Crippen LogP contribution in [0.4, 0.5) is 5.69 Å². The number of aryl methyl sites for hydroxylation is 1. The Balaban J connectivity index is 1.38. The van der Waals surface area contributed by atoms with Crippen LogP contribution in [0.15, 0.2) is 35.1 Å². The topological polar surface area (TPSA) is 91.2 Å². The maximum absolute atomic E-state index is 12.8. The first-order chi connectivity index (χ1) is 17.8. The lowest BCUT2D eigenvalue weighted by atomic mass is 10.2. The fourth-order valence-electron chi connectivity index (χ4n) is 4.09. The molecule has 0 radical (unpaired) electrons. The van der Waals surface area contributed by atoms with Gasteiger partial charge in [0.25, 0.3) is 0 Å². The minimum absolute atomic E-state index is 0.0790. The summed E-state index contributed by atoms with van der Waals surface area (Å²) in [5.41, 5.74) is 5.61. The Bertz CT molecular complexity index is 1300. The summed E-state index contributed by atoms with van der Waals surface area (Å²) in [5, 5.41) is 5.42. The van der Waals surface area contributed by atoms with Gasteiger partial charge in [0.05, 0.1) is 29.5 Å². The van der Waals surface area contributed by atoms with Gasteiger partial charge in [0.2, 0.25) is 11.8 Å². The van der Waals surface area contributed by atoms with Crippen LogP contribution in [0.25, 0.3) is 5.65 Å². The molecule has 2 aromatic heterocycles. The first-order valence-electron chi connectivity index (χ1n) is 12.0. The van der Waals surface area contributed by atoms with Crippen molar-refractivity contribution in [3.8, 4) is 5.75 Å². The highest BCUT2D eigenvalue weighted by Gasteiger charge is 2.20. The molecule has 1 aromatic carbocycles. The Labute approximate surface area is 234 Å². The number of aromatic nitrogens is 2. The summed E-state index contributed by atoms with van der Waals surface area (Å²) in [6, 6.07) is 7.01. The fourth-order valence-corrected chi connectivity index (χ4v) is 5.07. The van der Waals surface area contributed by atoms with Crippen LogP contribution in [0.1, 0.15) is 30.5 Å². The number of pyridine rings is 1. The standard InChI is InChI=1S/C25H29BrCl2N6O3/c1-16-24(26)34-12-6-7-20(25(34)31-16)37-15-17-18(27)8-9-19(23(17)28)32(2)22(36)14-29-21(35)13-30-33-10-4-3-5-11-33/h6-9,12,30H,3-5,10-11,13-15H2,1-2H3,(H,29,35). The second-order valence-corrected chi connectivity index (χ2v) is 10.4. The number of fused-ring (bicyclic) bond motifs is 1. The lowest BCUT2D eigenvalue weighted by Gasteiger charge is -2.26. The number of hydrogen-bond donors (Lipinski definition) is 2. The molecule has 1 saturated heterocycles. The van der Waals surface area contributed by atoms with Gasteiger partial charge < -0.3 is 15.0 Å². The fraction of sp³-hybridized carbons (Fsp3) is 0.400. The van der Waals surface area contributed by atoms with Crippen LogP contribution >= 0.6 is 39.1 Å². The summed E-state index contributed by atoms with van der Waals surface area (Å²) >= 11 is 16.6. The highest BCUT2D eigenvalue weighted by Crippen LogP contribution is 2.35. The minimum atomic E-state index is -0.315. The SMILES string of the molecule is Cc1nc2c(OCc3c(Cl)ccc(N(C)C(=O)CNC(=O)CNN4CCCCC4)c3Cl)cccn2c1Br. The molecular weight excluding hydrogens is 583 g/mol. The van der Waals surface area contributed by atoms with E-state index < -0.39 is 0 Å². The summed E-state index contributed by atoms with van der Waals surface area (Å²) in [6.07, 6.45) is 5.33. The molecule has 2 N–H and O–H groups in total. The van der Waals surface area contributed by atoms with Gasteiger partial charge in [0.15, 0.2) is 11.4 Å². The molecule has 4 rings (SSSR count). The summed E-state index contributed by atoms with van der Waals surface area (Å²) < 4.78 is 8.77. The van der Waals surface area contributed by atoms with E-state index in [0.717, 1.165) is 36.2 Å². The molecule has 37 heavy (non-hydrogen) atoms. The second kappa shape index (κ2) is 12.4. The number of imidazole rings is 1. The van der Waals surface area contributed by atoms with Crippen LogP contribution < -0.4 is 20.4 Å². The van der Waals surface area contributed by atoms with E-state index in [1.165, 1.54) is 11.3 Å². The third-order valence-electron chi connectivity index (χ3n) is 6.24. The zero-order valence-corrected chi connectivity index (χ0v) is 23.8. The lowest BCUT2D eigenvalue weighted by Crippen LogP contribution is -2.48. The van der Waals surface area contributed by atoms with Gasteiger partial charge in [-0.2, -0.15) is 0 Å². The largest absolute Gasteiger partial charge is 0.485 e. The highest BCUT2D eigenvalue weighted by atomic mass is 79.9. The normalized spacial score (nSPS) is 14.1. The Kier molecular flexibility index (Phi) is 9.31. The quantitative estimate of drug-likeness (QED) is 0.374. The van der Waals surface area contributed by atoms with Crippen molar-refractivity contribution in [2.75, 3.05) is 38.1 Å². The molecule has 9 nitrogen and oxygen atoms in total. The summed E-state index contributed by atoms with van der Waals surface area (Å²) in [6.45, 7) is 3.79. The number of nitrogens with one attached hydrogen (secondary N) is 2. The van der Waals surface area contributed by atoms with Gasteiger partial charge in [-0.25, -0.2) is 15.4 Å². The molecule has 0 saturated carbocycles. The van der Waals surface area contributed by atoms with E-state index in [0.29, 0.717) is 32.7 Å². The number of carbonyl (C=O) groups is 2. The van der Waals surface area contributed by atoms with Crippen molar-refractivity contribution < 1.29 is 14.3 Å². The second-order valence-electron chi connectivity index (χ2n) is 8.81. The van der Waals surface area contributed by atoms with Gasteiger partial charge in [-0.1, -0.05) is 29.6 Å². The molecule has 1 aliphatic heterocycles. The van der Waals surface area contributed by atoms with Crippen LogP contribution in [0, 0.1) is 6.92 Å². The van der Waals surface area contributed by atoms with Crippen LogP contribution in [-0.2, 0) is 16.2 Å². The number of anilines is 1. The average Bonchev–Trinajstić information content (AvgIpc) is 3.20. The van der Waals surface area contributed by atoms with E-state index >= 15 is 0 Å². The molecule has 12 heteroatoms. The molecule has 0 aliphatic carbocycles. The van der Waals surface area contributed by atoms with E-state index in [4.69, 9.17) is 27.9 Å². The van der Waals surface area contributed by atoms with Crippen molar-refractivity contribution in [2.24, 2.45) is 0 Å². The third-order valence-corrected chi connectivity index (χ3v) is 7.98. The zero-order valence-electron chi connectivity index (χ0n) is 20.7. The number of hydrazine groups is 1. The van der Waals surface area contributed by atoms with Crippen molar-refractivity contribution in [1.29, 1.82) is 0 Å². The molecule has 0 unspecified atom stereocenters. The summed E-state index contributed by atoms with van der Waals surface area (Å²) in [4.78, 5) is 31.0.